The summed E-state index contributed by atoms with van der Waals surface area (Å²) in [5.74, 6) is -1.45. The van der Waals surface area contributed by atoms with E-state index < -0.39 is 23.1 Å². The zero-order valence-corrected chi connectivity index (χ0v) is 14.1. The van der Waals surface area contributed by atoms with Gasteiger partial charge in [-0.05, 0) is 25.1 Å². The van der Waals surface area contributed by atoms with Crippen LogP contribution in [0.4, 0.5) is 0 Å². The number of diazo groups is 1. The van der Waals surface area contributed by atoms with E-state index in [0.717, 1.165) is 11.1 Å². The number of aryl methyl sites for hydroxylation is 1. The van der Waals surface area contributed by atoms with Gasteiger partial charge in [-0.3, -0.25) is 19.3 Å². The number of hydrogen-bond acceptors (Lipinski definition) is 5. The summed E-state index contributed by atoms with van der Waals surface area (Å²) in [4.78, 5) is 41.5. The van der Waals surface area contributed by atoms with Gasteiger partial charge < -0.3 is 9.67 Å². The zero-order valence-electron chi connectivity index (χ0n) is 14.1. The van der Waals surface area contributed by atoms with Crippen LogP contribution < -0.4 is 5.56 Å². The van der Waals surface area contributed by atoms with Crippen molar-refractivity contribution in [3.63, 3.8) is 0 Å². The molecule has 0 bridgehead atoms. The lowest BCUT2D eigenvalue weighted by molar-refractivity contribution is 0.0641. The number of nitrogens with zero attached hydrogens (tertiary/aromatic N) is 4. The fourth-order valence-electron chi connectivity index (χ4n) is 2.92. The van der Waals surface area contributed by atoms with Crippen molar-refractivity contribution >= 4 is 17.6 Å². The number of carbonyl (C=O) groups is 2. The highest BCUT2D eigenvalue weighted by Crippen LogP contribution is 2.25. The minimum Gasteiger partial charge on any atom is -0.501 e. The van der Waals surface area contributed by atoms with Crippen molar-refractivity contribution in [2.75, 3.05) is 0 Å². The Bertz CT molecular complexity index is 1040. The summed E-state index contributed by atoms with van der Waals surface area (Å²) in [6.07, 6.45) is 0.778. The molecule has 0 unspecified atom stereocenters. The SMILES string of the molecule is Cc1cc(C(O)=C[N+]#N)c(CN2C(=O)c3ccccc3C2=O)c(=O)n1C. The summed E-state index contributed by atoms with van der Waals surface area (Å²) < 4.78 is 1.35. The van der Waals surface area contributed by atoms with Gasteiger partial charge in [0.25, 0.3) is 17.4 Å². The largest absolute Gasteiger partial charge is 0.501 e. The van der Waals surface area contributed by atoms with E-state index in [2.05, 4.69) is 4.98 Å². The van der Waals surface area contributed by atoms with Crippen LogP contribution in [0.15, 0.2) is 41.3 Å². The minimum absolute atomic E-state index is 0.0463. The highest BCUT2D eigenvalue weighted by Gasteiger charge is 2.36. The fraction of sp³-hybridized carbons (Fsp3) is 0.167. The van der Waals surface area contributed by atoms with Gasteiger partial charge >= 0.3 is 6.20 Å². The number of aliphatic hydroxyl groups is 1. The summed E-state index contributed by atoms with van der Waals surface area (Å²) in [7, 11) is 1.55. The molecular weight excluding hydrogens is 336 g/mol. The number of amides is 2. The van der Waals surface area contributed by atoms with Crippen LogP contribution in [-0.2, 0) is 13.6 Å². The topological polar surface area (TPSA) is 108 Å². The first kappa shape index (κ1) is 17.1. The molecule has 3 rings (SSSR count). The van der Waals surface area contributed by atoms with Gasteiger partial charge in [0.05, 0.1) is 17.7 Å². The Labute approximate surface area is 148 Å². The lowest BCUT2D eigenvalue weighted by atomic mass is 10.1. The number of fused-ring (bicyclic) bond motifs is 1. The van der Waals surface area contributed by atoms with Gasteiger partial charge in [0, 0.05) is 23.9 Å². The zero-order chi connectivity index (χ0) is 19.0. The van der Waals surface area contributed by atoms with Gasteiger partial charge in [0.15, 0.2) is 4.98 Å². The number of aromatic nitrogens is 1. The minimum atomic E-state index is -0.505. The number of rotatable bonds is 3. The molecule has 8 nitrogen and oxygen atoms in total. The maximum Gasteiger partial charge on any atom is 0.392 e. The second-order valence-corrected chi connectivity index (χ2v) is 5.91. The van der Waals surface area contributed by atoms with Gasteiger partial charge in [-0.25, -0.2) is 0 Å². The normalized spacial score (nSPS) is 13.7. The monoisotopic (exact) mass is 351 g/mol. The third-order valence-corrected chi connectivity index (χ3v) is 4.42. The summed E-state index contributed by atoms with van der Waals surface area (Å²) in [6, 6.07) is 7.92. The molecule has 130 valence electrons. The van der Waals surface area contributed by atoms with E-state index in [9.17, 15) is 19.5 Å². The van der Waals surface area contributed by atoms with Crippen LogP contribution in [0.25, 0.3) is 10.7 Å². The smallest absolute Gasteiger partial charge is 0.392 e. The first-order chi connectivity index (χ1) is 12.4. The van der Waals surface area contributed by atoms with E-state index in [0.29, 0.717) is 5.69 Å². The molecule has 0 radical (unpaired) electrons. The van der Waals surface area contributed by atoms with Gasteiger partial charge in [0.1, 0.15) is 0 Å². The van der Waals surface area contributed by atoms with Crippen molar-refractivity contribution in [2.45, 2.75) is 13.5 Å². The van der Waals surface area contributed by atoms with Crippen molar-refractivity contribution < 1.29 is 14.7 Å². The Kier molecular flexibility index (Phi) is 4.14. The highest BCUT2D eigenvalue weighted by molar-refractivity contribution is 6.21. The van der Waals surface area contributed by atoms with Crippen molar-refractivity contribution in [1.82, 2.24) is 9.47 Å². The molecule has 2 aromatic rings. The van der Waals surface area contributed by atoms with Crippen molar-refractivity contribution in [2.24, 2.45) is 7.05 Å². The molecule has 1 aliphatic heterocycles. The summed E-state index contributed by atoms with van der Waals surface area (Å²) >= 11 is 0. The van der Waals surface area contributed by atoms with Gasteiger partial charge in [-0.15, -0.1) is 0 Å². The van der Waals surface area contributed by atoms with Crippen LogP contribution in [0.1, 0.15) is 37.5 Å². The number of imide groups is 1. The quantitative estimate of drug-likeness (QED) is 0.518. The maximum absolute atomic E-state index is 12.7. The Balaban J connectivity index is 2.12. The fourth-order valence-corrected chi connectivity index (χ4v) is 2.92. The molecule has 0 fully saturated rings. The lowest BCUT2D eigenvalue weighted by Crippen LogP contribution is -2.34. The molecule has 0 saturated heterocycles. The molecule has 0 saturated carbocycles. The Morgan fingerprint density at radius 2 is 1.77 bits per heavy atom. The van der Waals surface area contributed by atoms with Gasteiger partial charge in [-0.2, -0.15) is 0 Å². The molecule has 26 heavy (non-hydrogen) atoms. The summed E-state index contributed by atoms with van der Waals surface area (Å²) in [5, 5.41) is 18.7. The molecule has 1 aromatic carbocycles. The molecule has 1 aliphatic rings. The molecule has 2 heterocycles. The van der Waals surface area contributed by atoms with Crippen LogP contribution in [0.5, 0.6) is 0 Å². The van der Waals surface area contributed by atoms with E-state index >= 15 is 0 Å². The highest BCUT2D eigenvalue weighted by atomic mass is 16.3. The summed E-state index contributed by atoms with van der Waals surface area (Å²) in [6.45, 7) is 1.36. The molecule has 1 N–H and O–H groups in total. The predicted octanol–water partition coefficient (Wildman–Crippen LogP) is 2.20. The van der Waals surface area contributed by atoms with Crippen LogP contribution in [0.3, 0.4) is 0 Å². The van der Waals surface area contributed by atoms with E-state index in [-0.39, 0.29) is 28.8 Å². The first-order valence-corrected chi connectivity index (χ1v) is 7.75. The van der Waals surface area contributed by atoms with E-state index in [4.69, 9.17) is 5.39 Å². The number of pyridine rings is 1. The maximum atomic E-state index is 12.7. The molecule has 1 aromatic heterocycles. The third-order valence-electron chi connectivity index (χ3n) is 4.42. The van der Waals surface area contributed by atoms with E-state index in [1.165, 1.54) is 10.6 Å². The average Bonchev–Trinajstić information content (AvgIpc) is 2.87. The van der Waals surface area contributed by atoms with Gasteiger partial charge in [0.2, 0.25) is 11.2 Å². The van der Waals surface area contributed by atoms with Crippen LogP contribution in [-0.4, -0.2) is 26.4 Å². The first-order valence-electron chi connectivity index (χ1n) is 7.75. The van der Waals surface area contributed by atoms with Crippen molar-refractivity contribution in [3.8, 4) is 0 Å². The predicted molar refractivity (Wildman–Crippen MR) is 92.8 cm³/mol. The van der Waals surface area contributed by atoms with Crippen molar-refractivity contribution in [1.29, 1.82) is 5.39 Å². The molecule has 0 atom stereocenters. The van der Waals surface area contributed by atoms with E-state index in [1.54, 1.807) is 38.2 Å². The average molecular weight is 351 g/mol. The van der Waals surface area contributed by atoms with Crippen LogP contribution >= 0.6 is 0 Å². The Morgan fingerprint density at radius 3 is 2.31 bits per heavy atom. The number of aliphatic hydroxyl groups excluding tert-OH is 1. The molecule has 0 aliphatic carbocycles. The Hall–Kier alpha value is -3.73. The number of benzene rings is 1. The second-order valence-electron chi connectivity index (χ2n) is 5.91. The molecule has 8 heteroatoms. The summed E-state index contributed by atoms with van der Waals surface area (Å²) in [5.41, 5.74) is 0.773. The second kappa shape index (κ2) is 6.29. The van der Waals surface area contributed by atoms with Crippen molar-refractivity contribution in [3.05, 3.63) is 79.8 Å². The Morgan fingerprint density at radius 1 is 1.19 bits per heavy atom. The molecule has 0 spiro atoms. The molecule has 2 amide bonds. The van der Waals surface area contributed by atoms with E-state index in [1.807, 2.05) is 0 Å². The lowest BCUT2D eigenvalue weighted by Gasteiger charge is -2.17. The van der Waals surface area contributed by atoms with Gasteiger partial charge in [-0.1, -0.05) is 12.1 Å². The number of carbonyl (C=O) groups excluding carboxylic acids is 2. The standard InChI is InChI=1S/C18H14N4O4/c1-10-7-13(15(23)8-20-19)14(16(24)21(10)2)9-22-17(25)11-5-3-4-6-12(11)18(22)26/h3-8H,9H2,1-2H3/p+1. The van der Waals surface area contributed by atoms with Crippen LogP contribution in [0.2, 0.25) is 0 Å². The third kappa shape index (κ3) is 2.56. The number of hydrogen-bond donors (Lipinski definition) is 1. The molecular formula is C18H15N4O4+. The van der Waals surface area contributed by atoms with Crippen LogP contribution in [0, 0.1) is 12.3 Å².